The SMILES string of the molecule is COc1cccc(O[C@H](C)C(=O)NCCCc2ccccc2OC)c1. The fourth-order valence-electron chi connectivity index (χ4n) is 2.48. The van der Waals surface area contributed by atoms with Gasteiger partial charge in [0, 0.05) is 12.6 Å². The van der Waals surface area contributed by atoms with Crippen LogP contribution in [0, 0.1) is 0 Å². The second-order valence-corrected chi connectivity index (χ2v) is 5.65. The van der Waals surface area contributed by atoms with E-state index in [-0.39, 0.29) is 5.91 Å². The summed E-state index contributed by atoms with van der Waals surface area (Å²) in [4.78, 5) is 12.1. The fourth-order valence-corrected chi connectivity index (χ4v) is 2.48. The number of methoxy groups -OCH3 is 2. The minimum Gasteiger partial charge on any atom is -0.497 e. The second kappa shape index (κ2) is 9.57. The van der Waals surface area contributed by atoms with E-state index in [0.717, 1.165) is 24.2 Å². The van der Waals surface area contributed by atoms with E-state index in [1.165, 1.54) is 0 Å². The standard InChI is InChI=1S/C20H25NO4/c1-15(25-18-11-6-10-17(14-18)23-2)20(22)21-13-7-9-16-8-4-5-12-19(16)24-3/h4-6,8,10-12,14-15H,7,9,13H2,1-3H3,(H,21,22)/t15-/m1/s1. The summed E-state index contributed by atoms with van der Waals surface area (Å²) in [5, 5.41) is 2.90. The quantitative estimate of drug-likeness (QED) is 0.710. The lowest BCUT2D eigenvalue weighted by molar-refractivity contribution is -0.127. The molecule has 0 unspecified atom stereocenters. The van der Waals surface area contributed by atoms with Gasteiger partial charge in [-0.25, -0.2) is 0 Å². The Balaban J connectivity index is 1.75. The third-order valence-electron chi connectivity index (χ3n) is 3.84. The average Bonchev–Trinajstić information content (AvgIpc) is 2.65. The molecule has 1 N–H and O–H groups in total. The van der Waals surface area contributed by atoms with E-state index < -0.39 is 6.10 Å². The number of aryl methyl sites for hydroxylation is 1. The predicted octanol–water partition coefficient (Wildman–Crippen LogP) is 3.22. The third kappa shape index (κ3) is 5.71. The van der Waals surface area contributed by atoms with Crippen molar-refractivity contribution in [3.05, 3.63) is 54.1 Å². The average molecular weight is 343 g/mol. The second-order valence-electron chi connectivity index (χ2n) is 5.65. The van der Waals surface area contributed by atoms with E-state index >= 15 is 0 Å². The number of rotatable bonds is 9. The molecule has 2 rings (SSSR count). The van der Waals surface area contributed by atoms with Gasteiger partial charge in [-0.3, -0.25) is 4.79 Å². The number of hydrogen-bond donors (Lipinski definition) is 1. The summed E-state index contributed by atoms with van der Waals surface area (Å²) in [6.45, 7) is 2.32. The summed E-state index contributed by atoms with van der Waals surface area (Å²) in [5.41, 5.74) is 1.14. The summed E-state index contributed by atoms with van der Waals surface area (Å²) in [6.07, 6.45) is 1.10. The topological polar surface area (TPSA) is 56.8 Å². The van der Waals surface area contributed by atoms with Crippen LogP contribution < -0.4 is 19.5 Å². The molecule has 0 spiro atoms. The lowest BCUT2D eigenvalue weighted by atomic mass is 10.1. The van der Waals surface area contributed by atoms with E-state index in [9.17, 15) is 4.79 Å². The number of amides is 1. The van der Waals surface area contributed by atoms with Gasteiger partial charge in [0.2, 0.25) is 0 Å². The van der Waals surface area contributed by atoms with Crippen molar-refractivity contribution in [2.24, 2.45) is 0 Å². The molecule has 5 nitrogen and oxygen atoms in total. The Kier molecular flexibility index (Phi) is 7.14. The number of benzene rings is 2. The number of hydrogen-bond acceptors (Lipinski definition) is 4. The molecule has 0 heterocycles. The molecule has 1 atom stereocenters. The maximum atomic E-state index is 12.1. The van der Waals surface area contributed by atoms with Crippen molar-refractivity contribution in [2.75, 3.05) is 20.8 Å². The van der Waals surface area contributed by atoms with Gasteiger partial charge in [0.05, 0.1) is 14.2 Å². The smallest absolute Gasteiger partial charge is 0.260 e. The highest BCUT2D eigenvalue weighted by molar-refractivity contribution is 5.80. The first-order chi connectivity index (χ1) is 12.1. The monoisotopic (exact) mass is 343 g/mol. The third-order valence-corrected chi connectivity index (χ3v) is 3.84. The maximum absolute atomic E-state index is 12.1. The molecule has 0 saturated heterocycles. The van der Waals surface area contributed by atoms with E-state index in [0.29, 0.717) is 18.0 Å². The maximum Gasteiger partial charge on any atom is 0.260 e. The highest BCUT2D eigenvalue weighted by Crippen LogP contribution is 2.20. The number of carbonyl (C=O) groups is 1. The number of ether oxygens (including phenoxy) is 3. The molecule has 1 amide bonds. The zero-order valence-corrected chi connectivity index (χ0v) is 15.0. The van der Waals surface area contributed by atoms with Crippen LogP contribution in [0.25, 0.3) is 0 Å². The Morgan fingerprint density at radius 1 is 1.04 bits per heavy atom. The molecule has 0 aliphatic carbocycles. The van der Waals surface area contributed by atoms with Gasteiger partial charge in [0.25, 0.3) is 5.91 Å². The molecule has 0 fully saturated rings. The van der Waals surface area contributed by atoms with Crippen molar-refractivity contribution in [3.8, 4) is 17.2 Å². The molecule has 2 aromatic rings. The Morgan fingerprint density at radius 3 is 2.56 bits per heavy atom. The number of carbonyl (C=O) groups excluding carboxylic acids is 1. The number of para-hydroxylation sites is 1. The minimum absolute atomic E-state index is 0.136. The number of nitrogens with one attached hydrogen (secondary N) is 1. The van der Waals surface area contributed by atoms with Gasteiger partial charge in [0.15, 0.2) is 6.10 Å². The highest BCUT2D eigenvalue weighted by atomic mass is 16.5. The van der Waals surface area contributed by atoms with Crippen molar-refractivity contribution in [1.82, 2.24) is 5.32 Å². The fraction of sp³-hybridized carbons (Fsp3) is 0.350. The molecular formula is C20H25NO4. The summed E-state index contributed by atoms with van der Waals surface area (Å²) >= 11 is 0. The van der Waals surface area contributed by atoms with Crippen molar-refractivity contribution in [2.45, 2.75) is 25.9 Å². The van der Waals surface area contributed by atoms with E-state index in [4.69, 9.17) is 14.2 Å². The van der Waals surface area contributed by atoms with Crippen LogP contribution in [0.15, 0.2) is 48.5 Å². The van der Waals surface area contributed by atoms with Gasteiger partial charge in [-0.05, 0) is 43.5 Å². The Bertz CT molecular complexity index is 687. The highest BCUT2D eigenvalue weighted by Gasteiger charge is 2.14. The van der Waals surface area contributed by atoms with Crippen LogP contribution in [0.3, 0.4) is 0 Å². The zero-order valence-electron chi connectivity index (χ0n) is 15.0. The van der Waals surface area contributed by atoms with Crippen LogP contribution in [0.4, 0.5) is 0 Å². The molecule has 0 radical (unpaired) electrons. The van der Waals surface area contributed by atoms with Crippen LogP contribution in [0.2, 0.25) is 0 Å². The Labute approximate surface area is 148 Å². The first kappa shape index (κ1) is 18.6. The van der Waals surface area contributed by atoms with Crippen LogP contribution in [-0.4, -0.2) is 32.8 Å². The van der Waals surface area contributed by atoms with E-state index in [1.807, 2.05) is 36.4 Å². The van der Waals surface area contributed by atoms with Gasteiger partial charge in [0.1, 0.15) is 17.2 Å². The van der Waals surface area contributed by atoms with Gasteiger partial charge >= 0.3 is 0 Å². The van der Waals surface area contributed by atoms with E-state index in [2.05, 4.69) is 5.32 Å². The summed E-state index contributed by atoms with van der Waals surface area (Å²) < 4.78 is 16.1. The van der Waals surface area contributed by atoms with E-state index in [1.54, 1.807) is 33.3 Å². The molecule has 0 saturated carbocycles. The molecule has 0 aliphatic rings. The summed E-state index contributed by atoms with van der Waals surface area (Å²) in [6, 6.07) is 15.1. The van der Waals surface area contributed by atoms with Crippen molar-refractivity contribution in [1.29, 1.82) is 0 Å². The van der Waals surface area contributed by atoms with Gasteiger partial charge in [-0.15, -0.1) is 0 Å². The Hall–Kier alpha value is -2.69. The van der Waals surface area contributed by atoms with Crippen LogP contribution in [-0.2, 0) is 11.2 Å². The normalized spacial score (nSPS) is 11.5. The molecule has 0 aromatic heterocycles. The minimum atomic E-state index is -0.571. The largest absolute Gasteiger partial charge is 0.497 e. The first-order valence-electron chi connectivity index (χ1n) is 8.34. The van der Waals surface area contributed by atoms with Gasteiger partial charge in [-0.2, -0.15) is 0 Å². The van der Waals surface area contributed by atoms with Gasteiger partial charge in [-0.1, -0.05) is 24.3 Å². The molecular weight excluding hydrogens is 318 g/mol. The van der Waals surface area contributed by atoms with Crippen molar-refractivity contribution in [3.63, 3.8) is 0 Å². The van der Waals surface area contributed by atoms with Crippen LogP contribution in [0.1, 0.15) is 18.9 Å². The molecule has 25 heavy (non-hydrogen) atoms. The Morgan fingerprint density at radius 2 is 1.80 bits per heavy atom. The lowest BCUT2D eigenvalue weighted by Gasteiger charge is -2.15. The zero-order chi connectivity index (χ0) is 18.1. The molecule has 5 heteroatoms. The molecule has 0 aliphatic heterocycles. The summed E-state index contributed by atoms with van der Waals surface area (Å²) in [5.74, 6) is 2.05. The van der Waals surface area contributed by atoms with Crippen molar-refractivity contribution >= 4 is 5.91 Å². The first-order valence-corrected chi connectivity index (χ1v) is 8.34. The summed E-state index contributed by atoms with van der Waals surface area (Å²) in [7, 11) is 3.26. The predicted molar refractivity (Wildman–Crippen MR) is 97.4 cm³/mol. The molecule has 0 bridgehead atoms. The lowest BCUT2D eigenvalue weighted by Crippen LogP contribution is -2.36. The van der Waals surface area contributed by atoms with Crippen LogP contribution in [0.5, 0.6) is 17.2 Å². The van der Waals surface area contributed by atoms with Crippen molar-refractivity contribution < 1.29 is 19.0 Å². The molecule has 134 valence electrons. The molecule has 2 aromatic carbocycles. The van der Waals surface area contributed by atoms with Crippen LogP contribution >= 0.6 is 0 Å². The van der Waals surface area contributed by atoms with Gasteiger partial charge < -0.3 is 19.5 Å².